The number of thiophene rings is 1. The van der Waals surface area contributed by atoms with Crippen molar-refractivity contribution in [3.63, 3.8) is 0 Å². The Balaban J connectivity index is 2.89. The Hall–Kier alpha value is -2.21. The van der Waals surface area contributed by atoms with Crippen molar-refractivity contribution in [2.75, 3.05) is 6.61 Å². The molecule has 0 bridgehead atoms. The molecule has 0 radical (unpaired) electrons. The van der Waals surface area contributed by atoms with Crippen LogP contribution in [-0.2, 0) is 9.68 Å². The molecule has 0 aliphatic carbocycles. The van der Waals surface area contributed by atoms with Crippen molar-refractivity contribution in [3.8, 4) is 0 Å². The van der Waals surface area contributed by atoms with Crippen molar-refractivity contribution in [2.45, 2.75) is 39.5 Å². The van der Waals surface area contributed by atoms with E-state index in [1.54, 1.807) is 0 Å². The van der Waals surface area contributed by atoms with Crippen molar-refractivity contribution in [1.82, 2.24) is 0 Å². The first-order chi connectivity index (χ1) is 12.8. The summed E-state index contributed by atoms with van der Waals surface area (Å²) >= 11 is 0.945. The number of hydrogen-bond donors (Lipinski definition) is 0. The normalized spacial score (nSPS) is 13.0. The molecule has 0 spiro atoms. The number of hydrogen-bond acceptors (Lipinski definition) is 4. The quantitative estimate of drug-likeness (QED) is 0.301. The summed E-state index contributed by atoms with van der Waals surface area (Å²) in [6.07, 6.45) is 8.34. The minimum atomic E-state index is -0.676. The largest absolute Gasteiger partial charge is 0.461 e. The number of halogens is 2. The van der Waals surface area contributed by atoms with E-state index in [-0.39, 0.29) is 34.0 Å². The zero-order valence-electron chi connectivity index (χ0n) is 15.9. The highest BCUT2D eigenvalue weighted by atomic mass is 32.1. The van der Waals surface area contributed by atoms with E-state index in [0.717, 1.165) is 37.0 Å². The van der Waals surface area contributed by atoms with E-state index in [2.05, 4.69) is 31.6 Å². The Kier molecular flexibility index (Phi) is 9.72. The lowest BCUT2D eigenvalue weighted by molar-refractivity contribution is -0.0772. The first-order valence-electron chi connectivity index (χ1n) is 8.85. The fourth-order valence-electron chi connectivity index (χ4n) is 2.33. The highest BCUT2D eigenvalue weighted by Crippen LogP contribution is 2.15. The fraction of sp³-hybridized carbons (Fsp3) is 0.381. The number of carbonyl (C=O) groups is 1. The van der Waals surface area contributed by atoms with Crippen LogP contribution in [0.15, 0.2) is 36.6 Å². The van der Waals surface area contributed by atoms with Crippen LogP contribution in [0.3, 0.4) is 0 Å². The number of esters is 1. The summed E-state index contributed by atoms with van der Waals surface area (Å²) in [5.41, 5.74) is 0.201. The van der Waals surface area contributed by atoms with Gasteiger partial charge in [0.2, 0.25) is 0 Å². The van der Waals surface area contributed by atoms with E-state index < -0.39 is 11.8 Å². The van der Waals surface area contributed by atoms with Gasteiger partial charge >= 0.3 is 5.97 Å². The molecule has 0 aliphatic heterocycles. The SMILES string of the molecule is C=C(/C=C/C=c1\c(F)c(C(=O)OCC(CC)CCCC)sc1=C)C(=C)OF. The number of ether oxygens (including phenoxy) is 1. The van der Waals surface area contributed by atoms with Crippen molar-refractivity contribution in [1.29, 1.82) is 0 Å². The maximum Gasteiger partial charge on any atom is 0.351 e. The summed E-state index contributed by atoms with van der Waals surface area (Å²) in [4.78, 5) is 15.6. The van der Waals surface area contributed by atoms with Gasteiger partial charge in [-0.15, -0.1) is 11.3 Å². The number of unbranched alkanes of at least 4 members (excludes halogenated alkanes) is 1. The van der Waals surface area contributed by atoms with Crippen LogP contribution in [0.4, 0.5) is 8.92 Å². The fourth-order valence-corrected chi connectivity index (χ4v) is 3.18. The van der Waals surface area contributed by atoms with Gasteiger partial charge in [0.25, 0.3) is 0 Å². The van der Waals surface area contributed by atoms with Gasteiger partial charge in [0.1, 0.15) is 4.88 Å². The maximum atomic E-state index is 14.6. The van der Waals surface area contributed by atoms with Crippen molar-refractivity contribution >= 4 is 30.0 Å². The van der Waals surface area contributed by atoms with Crippen molar-refractivity contribution in [2.24, 2.45) is 5.92 Å². The summed E-state index contributed by atoms with van der Waals surface area (Å²) in [6.45, 7) is 15.1. The van der Waals surface area contributed by atoms with E-state index in [0.29, 0.717) is 4.53 Å². The minimum absolute atomic E-state index is 0.0969. The van der Waals surface area contributed by atoms with E-state index in [9.17, 15) is 13.7 Å². The average molecular weight is 396 g/mol. The predicted molar refractivity (Wildman–Crippen MR) is 107 cm³/mol. The molecule has 0 saturated heterocycles. The molecule has 0 amide bonds. The molecule has 1 rings (SSSR count). The molecule has 1 aromatic heterocycles. The zero-order chi connectivity index (χ0) is 20.4. The standard InChI is InChI=1S/C21H26F2O3S/c1-6-8-11-17(7-2)13-25-21(24)20-19(22)18(16(5)27-20)12-9-10-14(3)15(4)26-23/h9-10,12,17H,3-8,11,13H2,1-2H3/b10-9+,18-12-. The molecule has 0 aliphatic rings. The van der Waals surface area contributed by atoms with Gasteiger partial charge in [-0.1, -0.05) is 71.1 Å². The van der Waals surface area contributed by atoms with Crippen LogP contribution in [0.2, 0.25) is 0 Å². The number of carbonyl (C=O) groups excluding carboxylic acids is 1. The molecule has 0 saturated carbocycles. The number of rotatable bonds is 11. The predicted octanol–water partition coefficient (Wildman–Crippen LogP) is 4.98. The second kappa shape index (κ2) is 11.5. The Labute approximate surface area is 162 Å². The maximum absolute atomic E-state index is 14.6. The van der Waals surface area contributed by atoms with Gasteiger partial charge in [-0.25, -0.2) is 9.18 Å². The monoisotopic (exact) mass is 396 g/mol. The van der Waals surface area contributed by atoms with Gasteiger partial charge in [0, 0.05) is 19.9 Å². The lowest BCUT2D eigenvalue weighted by Gasteiger charge is -2.14. The Morgan fingerprint density at radius 1 is 1.33 bits per heavy atom. The second-order valence-corrected chi connectivity index (χ2v) is 7.25. The smallest absolute Gasteiger partial charge is 0.351 e. The topological polar surface area (TPSA) is 35.5 Å². The van der Waals surface area contributed by atoms with Crippen molar-refractivity contribution in [3.05, 3.63) is 57.1 Å². The molecule has 3 nitrogen and oxygen atoms in total. The summed E-state index contributed by atoms with van der Waals surface area (Å²) < 4.78 is 32.3. The van der Waals surface area contributed by atoms with Crippen molar-refractivity contribution < 1.29 is 23.4 Å². The summed E-state index contributed by atoms with van der Waals surface area (Å²) in [7, 11) is 0. The van der Waals surface area contributed by atoms with E-state index >= 15 is 0 Å². The van der Waals surface area contributed by atoms with Crippen LogP contribution in [-0.4, -0.2) is 12.6 Å². The minimum Gasteiger partial charge on any atom is -0.461 e. The Morgan fingerprint density at radius 3 is 2.63 bits per heavy atom. The van der Waals surface area contributed by atoms with Crippen LogP contribution in [0, 0.1) is 11.7 Å². The van der Waals surface area contributed by atoms with Crippen LogP contribution in [0.5, 0.6) is 0 Å². The third-order valence-electron chi connectivity index (χ3n) is 4.15. The molecule has 148 valence electrons. The average Bonchev–Trinajstić information content (AvgIpc) is 2.95. The molecule has 6 heteroatoms. The third kappa shape index (κ3) is 6.79. The van der Waals surface area contributed by atoms with Crippen LogP contribution < -0.4 is 9.75 Å². The van der Waals surface area contributed by atoms with E-state index in [4.69, 9.17) is 4.74 Å². The summed E-state index contributed by atoms with van der Waals surface area (Å²) in [6, 6.07) is 0. The Morgan fingerprint density at radius 2 is 2.04 bits per heavy atom. The van der Waals surface area contributed by atoms with Crippen LogP contribution in [0.25, 0.3) is 12.7 Å². The molecule has 1 heterocycles. The molecule has 1 atom stereocenters. The van der Waals surface area contributed by atoms with Crippen LogP contribution >= 0.6 is 11.3 Å². The highest BCUT2D eigenvalue weighted by Gasteiger charge is 2.19. The van der Waals surface area contributed by atoms with Gasteiger partial charge in [0.05, 0.1) is 6.61 Å². The lowest BCUT2D eigenvalue weighted by Crippen LogP contribution is -2.20. The molecular weight excluding hydrogens is 370 g/mol. The van der Waals surface area contributed by atoms with Gasteiger partial charge in [-0.2, -0.15) is 0 Å². The number of allylic oxidation sites excluding steroid dienone is 2. The summed E-state index contributed by atoms with van der Waals surface area (Å²) in [5.74, 6) is -1.31. The molecular formula is C21H26F2O3S. The first-order valence-corrected chi connectivity index (χ1v) is 9.66. The molecule has 0 aromatic carbocycles. The van der Waals surface area contributed by atoms with E-state index in [1.165, 1.54) is 18.2 Å². The lowest BCUT2D eigenvalue weighted by atomic mass is 10.0. The molecule has 0 fully saturated rings. The molecule has 27 heavy (non-hydrogen) atoms. The zero-order valence-corrected chi connectivity index (χ0v) is 16.7. The third-order valence-corrected chi connectivity index (χ3v) is 5.17. The highest BCUT2D eigenvalue weighted by molar-refractivity contribution is 7.11. The molecule has 1 aromatic rings. The first kappa shape index (κ1) is 22.8. The van der Waals surface area contributed by atoms with Gasteiger partial charge in [-0.05, 0) is 12.3 Å². The second-order valence-electron chi connectivity index (χ2n) is 6.15. The Bertz CT molecular complexity index is 808. The van der Waals surface area contributed by atoms with Gasteiger partial charge < -0.3 is 4.74 Å². The van der Waals surface area contributed by atoms with Gasteiger partial charge in [-0.3, -0.25) is 4.94 Å². The van der Waals surface area contributed by atoms with Gasteiger partial charge in [0.15, 0.2) is 11.6 Å². The summed E-state index contributed by atoms with van der Waals surface area (Å²) in [5, 5.41) is 0.181. The molecule has 0 N–H and O–H groups in total. The van der Waals surface area contributed by atoms with Crippen LogP contribution in [0.1, 0.15) is 49.2 Å². The van der Waals surface area contributed by atoms with E-state index in [1.807, 2.05) is 6.92 Å². The molecule has 1 unspecified atom stereocenters.